The lowest BCUT2D eigenvalue weighted by Crippen LogP contribution is -2.01. The van der Waals surface area contributed by atoms with Crippen LogP contribution in [0.2, 0.25) is 0 Å². The fourth-order valence-corrected chi connectivity index (χ4v) is 4.43. The summed E-state index contributed by atoms with van der Waals surface area (Å²) in [5, 5.41) is 2.56. The average molecular weight is 443 g/mol. The number of benzene rings is 3. The lowest BCUT2D eigenvalue weighted by atomic mass is 10.0. The van der Waals surface area contributed by atoms with Crippen molar-refractivity contribution in [3.63, 3.8) is 0 Å². The van der Waals surface area contributed by atoms with Gasteiger partial charge in [-0.15, -0.1) is 0 Å². The Bertz CT molecular complexity index is 1020. The molecule has 0 fully saturated rings. The van der Waals surface area contributed by atoms with Crippen molar-refractivity contribution in [2.24, 2.45) is 0 Å². The van der Waals surface area contributed by atoms with Crippen LogP contribution < -0.4 is 0 Å². The zero-order valence-corrected chi connectivity index (χ0v) is 17.0. The predicted molar refractivity (Wildman–Crippen MR) is 110 cm³/mol. The molecule has 0 spiro atoms. The molecule has 0 unspecified atom stereocenters. The third kappa shape index (κ3) is 2.42. The molecule has 3 heteroatoms. The summed E-state index contributed by atoms with van der Waals surface area (Å²) in [7, 11) is 0. The number of halogens is 2. The number of aryl methyl sites for hydroxylation is 3. The Balaban J connectivity index is 2.25. The topological polar surface area (TPSA) is 4.93 Å². The molecular formula is C21H17Br2N. The fraction of sp³-hybridized carbons (Fsp3) is 0.143. The number of nitrogens with zero attached hydrogens (tertiary/aromatic N) is 1. The van der Waals surface area contributed by atoms with E-state index < -0.39 is 0 Å². The standard InChI is InChI=1S/C21H17Br2N/c1-12-8-13(2)21(14(3)9-12)24-19-10-15(22)4-6-17(19)18-7-5-16(23)11-20(18)24/h4-11H,1-3H3. The van der Waals surface area contributed by atoms with E-state index in [2.05, 4.69) is 106 Å². The summed E-state index contributed by atoms with van der Waals surface area (Å²) in [6.45, 7) is 6.55. The molecule has 4 aromatic rings. The van der Waals surface area contributed by atoms with Gasteiger partial charge in [-0.05, 0) is 56.2 Å². The van der Waals surface area contributed by atoms with E-state index in [1.807, 2.05) is 0 Å². The SMILES string of the molecule is Cc1cc(C)c(-n2c3cc(Br)ccc3c3ccc(Br)cc32)c(C)c1. The van der Waals surface area contributed by atoms with E-state index in [0.717, 1.165) is 8.95 Å². The molecule has 120 valence electrons. The van der Waals surface area contributed by atoms with Gasteiger partial charge in [-0.1, -0.05) is 61.7 Å². The Labute approximate surface area is 158 Å². The quantitative estimate of drug-likeness (QED) is 0.293. The van der Waals surface area contributed by atoms with Gasteiger partial charge in [0.15, 0.2) is 0 Å². The van der Waals surface area contributed by atoms with Crippen molar-refractivity contribution >= 4 is 53.7 Å². The lowest BCUT2D eigenvalue weighted by molar-refractivity contribution is 1.11. The van der Waals surface area contributed by atoms with Gasteiger partial charge >= 0.3 is 0 Å². The molecule has 0 bridgehead atoms. The van der Waals surface area contributed by atoms with Crippen molar-refractivity contribution < 1.29 is 0 Å². The normalized spacial score (nSPS) is 11.5. The smallest absolute Gasteiger partial charge is 0.0552 e. The highest BCUT2D eigenvalue weighted by atomic mass is 79.9. The molecule has 0 aliphatic carbocycles. The number of fused-ring (bicyclic) bond motifs is 3. The van der Waals surface area contributed by atoms with Crippen LogP contribution in [0.3, 0.4) is 0 Å². The summed E-state index contributed by atoms with van der Waals surface area (Å²) < 4.78 is 4.59. The lowest BCUT2D eigenvalue weighted by Gasteiger charge is -2.15. The monoisotopic (exact) mass is 441 g/mol. The first-order chi connectivity index (χ1) is 11.5. The van der Waals surface area contributed by atoms with E-state index in [-0.39, 0.29) is 0 Å². The fourth-order valence-electron chi connectivity index (χ4n) is 3.73. The highest BCUT2D eigenvalue weighted by Gasteiger charge is 2.16. The summed E-state index contributed by atoms with van der Waals surface area (Å²) in [5.41, 5.74) is 7.63. The zero-order valence-electron chi connectivity index (χ0n) is 13.8. The van der Waals surface area contributed by atoms with Crippen molar-refractivity contribution in [3.05, 3.63) is 74.2 Å². The molecule has 3 aromatic carbocycles. The molecule has 0 amide bonds. The minimum Gasteiger partial charge on any atom is -0.309 e. The van der Waals surface area contributed by atoms with E-state index in [1.54, 1.807) is 0 Å². The van der Waals surface area contributed by atoms with Gasteiger partial charge in [0.1, 0.15) is 0 Å². The minimum absolute atomic E-state index is 1.10. The first-order valence-electron chi connectivity index (χ1n) is 7.93. The van der Waals surface area contributed by atoms with Gasteiger partial charge in [-0.2, -0.15) is 0 Å². The largest absolute Gasteiger partial charge is 0.309 e. The van der Waals surface area contributed by atoms with Crippen LogP contribution in [0.15, 0.2) is 57.5 Å². The highest BCUT2D eigenvalue weighted by Crippen LogP contribution is 2.37. The van der Waals surface area contributed by atoms with E-state index in [9.17, 15) is 0 Å². The zero-order chi connectivity index (χ0) is 17.0. The molecule has 4 rings (SSSR count). The van der Waals surface area contributed by atoms with E-state index in [0.29, 0.717) is 0 Å². The first-order valence-corrected chi connectivity index (χ1v) is 9.52. The van der Waals surface area contributed by atoms with Crippen LogP contribution in [-0.4, -0.2) is 4.57 Å². The molecule has 0 saturated carbocycles. The Morgan fingerprint density at radius 1 is 0.667 bits per heavy atom. The van der Waals surface area contributed by atoms with Gasteiger partial charge in [-0.25, -0.2) is 0 Å². The Kier molecular flexibility index (Phi) is 3.81. The molecule has 0 aliphatic heterocycles. The Hall–Kier alpha value is -1.58. The predicted octanol–water partition coefficient (Wildman–Crippen LogP) is 7.23. The summed E-state index contributed by atoms with van der Waals surface area (Å²) in [5.74, 6) is 0. The van der Waals surface area contributed by atoms with Gasteiger partial charge < -0.3 is 4.57 Å². The molecule has 0 radical (unpaired) electrons. The number of rotatable bonds is 1. The van der Waals surface area contributed by atoms with Crippen LogP contribution in [0, 0.1) is 20.8 Å². The second kappa shape index (κ2) is 5.75. The summed E-state index contributed by atoms with van der Waals surface area (Å²) in [4.78, 5) is 0. The first kappa shape index (κ1) is 15.9. The van der Waals surface area contributed by atoms with Crippen molar-refractivity contribution in [2.45, 2.75) is 20.8 Å². The third-order valence-corrected chi connectivity index (χ3v) is 5.54. The highest BCUT2D eigenvalue weighted by molar-refractivity contribution is 9.10. The van der Waals surface area contributed by atoms with E-state index in [1.165, 1.54) is 44.2 Å². The molecule has 1 aromatic heterocycles. The second-order valence-corrected chi connectivity index (χ2v) is 8.24. The van der Waals surface area contributed by atoms with Gasteiger partial charge in [-0.3, -0.25) is 0 Å². The minimum atomic E-state index is 1.10. The van der Waals surface area contributed by atoms with Crippen LogP contribution in [-0.2, 0) is 0 Å². The number of hydrogen-bond donors (Lipinski definition) is 0. The van der Waals surface area contributed by atoms with Gasteiger partial charge in [0.05, 0.1) is 16.7 Å². The van der Waals surface area contributed by atoms with Crippen LogP contribution in [0.1, 0.15) is 16.7 Å². The van der Waals surface area contributed by atoms with Crippen molar-refractivity contribution in [2.75, 3.05) is 0 Å². The van der Waals surface area contributed by atoms with Crippen molar-refractivity contribution in [1.82, 2.24) is 4.57 Å². The Morgan fingerprint density at radius 2 is 1.12 bits per heavy atom. The molecule has 1 nitrogen and oxygen atoms in total. The Morgan fingerprint density at radius 3 is 1.58 bits per heavy atom. The third-order valence-electron chi connectivity index (χ3n) is 4.55. The van der Waals surface area contributed by atoms with Crippen LogP contribution >= 0.6 is 31.9 Å². The number of aromatic nitrogens is 1. The van der Waals surface area contributed by atoms with Crippen molar-refractivity contribution in [3.8, 4) is 5.69 Å². The molecule has 24 heavy (non-hydrogen) atoms. The van der Waals surface area contributed by atoms with Crippen LogP contribution in [0.4, 0.5) is 0 Å². The van der Waals surface area contributed by atoms with E-state index >= 15 is 0 Å². The van der Waals surface area contributed by atoms with Crippen LogP contribution in [0.25, 0.3) is 27.5 Å². The second-order valence-electron chi connectivity index (χ2n) is 6.41. The van der Waals surface area contributed by atoms with Crippen molar-refractivity contribution in [1.29, 1.82) is 0 Å². The summed E-state index contributed by atoms with van der Waals surface area (Å²) in [6, 6.07) is 17.6. The number of hydrogen-bond acceptors (Lipinski definition) is 0. The maximum Gasteiger partial charge on any atom is 0.0552 e. The summed E-state index contributed by atoms with van der Waals surface area (Å²) >= 11 is 7.27. The summed E-state index contributed by atoms with van der Waals surface area (Å²) in [6.07, 6.45) is 0. The van der Waals surface area contributed by atoms with Gasteiger partial charge in [0, 0.05) is 19.7 Å². The molecular weight excluding hydrogens is 426 g/mol. The molecule has 0 N–H and O–H groups in total. The molecule has 0 atom stereocenters. The van der Waals surface area contributed by atoms with Gasteiger partial charge in [0.25, 0.3) is 0 Å². The van der Waals surface area contributed by atoms with Gasteiger partial charge in [0.2, 0.25) is 0 Å². The molecule has 1 heterocycles. The molecule has 0 aliphatic rings. The maximum atomic E-state index is 3.64. The maximum absolute atomic E-state index is 3.64. The van der Waals surface area contributed by atoms with Crippen LogP contribution in [0.5, 0.6) is 0 Å². The molecule has 0 saturated heterocycles. The van der Waals surface area contributed by atoms with E-state index in [4.69, 9.17) is 0 Å². The average Bonchev–Trinajstić information content (AvgIpc) is 2.79.